The van der Waals surface area contributed by atoms with Crippen LogP contribution < -0.4 is 5.32 Å². The summed E-state index contributed by atoms with van der Waals surface area (Å²) >= 11 is 1.80. The van der Waals surface area contributed by atoms with E-state index in [2.05, 4.69) is 35.8 Å². The Morgan fingerprint density at radius 2 is 2.24 bits per heavy atom. The highest BCUT2D eigenvalue weighted by molar-refractivity contribution is 7.10. The third-order valence-electron chi connectivity index (χ3n) is 2.95. The van der Waals surface area contributed by atoms with Gasteiger partial charge in [0.15, 0.2) is 0 Å². The first-order valence-corrected chi connectivity index (χ1v) is 7.11. The summed E-state index contributed by atoms with van der Waals surface area (Å²) in [5.74, 6) is 0. The lowest BCUT2D eigenvalue weighted by Crippen LogP contribution is -2.19. The van der Waals surface area contributed by atoms with Gasteiger partial charge in [0.05, 0.1) is 11.5 Å². The molecule has 0 aliphatic heterocycles. The van der Waals surface area contributed by atoms with Gasteiger partial charge in [-0.05, 0) is 51.6 Å². The zero-order valence-electron chi connectivity index (χ0n) is 11.0. The second kappa shape index (κ2) is 6.78. The van der Waals surface area contributed by atoms with Gasteiger partial charge in [0.1, 0.15) is 0 Å². The van der Waals surface area contributed by atoms with Crippen molar-refractivity contribution in [3.8, 4) is 6.07 Å². The molecule has 0 amide bonds. The molecule has 3 heteroatoms. The summed E-state index contributed by atoms with van der Waals surface area (Å²) in [4.78, 5) is 1.39. The maximum absolute atomic E-state index is 8.90. The molecule has 17 heavy (non-hydrogen) atoms. The van der Waals surface area contributed by atoms with Gasteiger partial charge in [0.25, 0.3) is 0 Å². The Morgan fingerprint density at radius 1 is 1.47 bits per heavy atom. The van der Waals surface area contributed by atoms with Crippen molar-refractivity contribution in [1.29, 1.82) is 5.26 Å². The number of nitrogens with zero attached hydrogens (tertiary/aromatic N) is 1. The highest BCUT2D eigenvalue weighted by Crippen LogP contribution is 2.22. The predicted molar refractivity (Wildman–Crippen MR) is 74.0 cm³/mol. The molecule has 1 aromatic rings. The summed E-state index contributed by atoms with van der Waals surface area (Å²) < 4.78 is 0. The van der Waals surface area contributed by atoms with Gasteiger partial charge < -0.3 is 5.32 Å². The van der Waals surface area contributed by atoms with E-state index in [1.165, 1.54) is 4.88 Å². The SMILES string of the molecule is C[C@H](NCCCCC(C)(C)C#N)c1cccs1. The van der Waals surface area contributed by atoms with Crippen molar-refractivity contribution in [1.82, 2.24) is 5.32 Å². The molecule has 1 aromatic heterocycles. The summed E-state index contributed by atoms with van der Waals surface area (Å²) in [5, 5.41) is 14.5. The van der Waals surface area contributed by atoms with Crippen LogP contribution in [0.3, 0.4) is 0 Å². The van der Waals surface area contributed by atoms with Crippen molar-refractivity contribution in [2.24, 2.45) is 5.41 Å². The van der Waals surface area contributed by atoms with Crippen LogP contribution in [0.2, 0.25) is 0 Å². The Bertz CT molecular complexity index is 349. The average molecular weight is 250 g/mol. The molecule has 1 atom stereocenters. The summed E-state index contributed by atoms with van der Waals surface area (Å²) in [6.07, 6.45) is 3.24. The van der Waals surface area contributed by atoms with Crippen molar-refractivity contribution < 1.29 is 0 Å². The van der Waals surface area contributed by atoms with Crippen molar-refractivity contribution >= 4 is 11.3 Å². The zero-order valence-corrected chi connectivity index (χ0v) is 11.8. The number of nitrogens with one attached hydrogen (secondary N) is 1. The van der Waals surface area contributed by atoms with Crippen LogP contribution in [-0.4, -0.2) is 6.54 Å². The molecule has 0 radical (unpaired) electrons. The molecule has 94 valence electrons. The van der Waals surface area contributed by atoms with Gasteiger partial charge in [-0.3, -0.25) is 0 Å². The van der Waals surface area contributed by atoms with Crippen molar-refractivity contribution in [2.45, 2.75) is 46.1 Å². The highest BCUT2D eigenvalue weighted by atomic mass is 32.1. The van der Waals surface area contributed by atoms with Gasteiger partial charge in [-0.2, -0.15) is 5.26 Å². The predicted octanol–water partition coefficient (Wildman–Crippen LogP) is 4.12. The van der Waals surface area contributed by atoms with Crippen LogP contribution in [0.1, 0.15) is 51.0 Å². The molecular weight excluding hydrogens is 228 g/mol. The Kier molecular flexibility index (Phi) is 5.67. The van der Waals surface area contributed by atoms with Gasteiger partial charge in [-0.1, -0.05) is 12.5 Å². The van der Waals surface area contributed by atoms with Crippen LogP contribution in [0.4, 0.5) is 0 Å². The lowest BCUT2D eigenvalue weighted by atomic mass is 9.89. The van der Waals surface area contributed by atoms with E-state index in [1.54, 1.807) is 11.3 Å². The molecule has 0 fully saturated rings. The Morgan fingerprint density at radius 3 is 2.82 bits per heavy atom. The third kappa shape index (κ3) is 5.34. The molecule has 2 nitrogen and oxygen atoms in total. The topological polar surface area (TPSA) is 35.8 Å². The van der Waals surface area contributed by atoms with Crippen molar-refractivity contribution in [3.63, 3.8) is 0 Å². The van der Waals surface area contributed by atoms with Crippen LogP contribution in [0.5, 0.6) is 0 Å². The highest BCUT2D eigenvalue weighted by Gasteiger charge is 2.15. The van der Waals surface area contributed by atoms with E-state index < -0.39 is 0 Å². The first-order valence-electron chi connectivity index (χ1n) is 6.23. The van der Waals surface area contributed by atoms with Crippen LogP contribution in [0.25, 0.3) is 0 Å². The molecule has 0 spiro atoms. The Labute approximate surface area is 109 Å². The molecule has 0 saturated carbocycles. The number of unbranched alkanes of at least 4 members (excludes halogenated alkanes) is 1. The van der Waals surface area contributed by atoms with E-state index in [0.717, 1.165) is 25.8 Å². The monoisotopic (exact) mass is 250 g/mol. The van der Waals surface area contributed by atoms with E-state index in [-0.39, 0.29) is 5.41 Å². The fourth-order valence-corrected chi connectivity index (χ4v) is 2.46. The van der Waals surface area contributed by atoms with Gasteiger partial charge in [0, 0.05) is 10.9 Å². The standard InChI is InChI=1S/C14H22N2S/c1-12(13-7-6-10-17-13)16-9-5-4-8-14(2,3)11-15/h6-7,10,12,16H,4-5,8-9H2,1-3H3/t12-/m0/s1. The summed E-state index contributed by atoms with van der Waals surface area (Å²) in [6, 6.07) is 7.05. The molecule has 0 aliphatic rings. The molecule has 0 aromatic carbocycles. The number of thiophene rings is 1. The molecule has 0 saturated heterocycles. The average Bonchev–Trinajstić information content (AvgIpc) is 2.82. The van der Waals surface area contributed by atoms with Crippen LogP contribution in [-0.2, 0) is 0 Å². The first kappa shape index (κ1) is 14.2. The van der Waals surface area contributed by atoms with Gasteiger partial charge in [-0.15, -0.1) is 11.3 Å². The maximum atomic E-state index is 8.90. The van der Waals surface area contributed by atoms with Crippen LogP contribution in [0, 0.1) is 16.7 Å². The fraction of sp³-hybridized carbons (Fsp3) is 0.643. The van der Waals surface area contributed by atoms with Crippen molar-refractivity contribution in [2.75, 3.05) is 6.54 Å². The lowest BCUT2D eigenvalue weighted by molar-refractivity contribution is 0.418. The largest absolute Gasteiger partial charge is 0.309 e. The normalized spacial score (nSPS) is 13.3. The second-order valence-electron chi connectivity index (χ2n) is 5.14. The summed E-state index contributed by atoms with van der Waals surface area (Å²) in [7, 11) is 0. The van der Waals surface area contributed by atoms with Gasteiger partial charge >= 0.3 is 0 Å². The summed E-state index contributed by atoms with van der Waals surface area (Å²) in [5.41, 5.74) is -0.167. The van der Waals surface area contributed by atoms with E-state index in [9.17, 15) is 0 Å². The van der Waals surface area contributed by atoms with Gasteiger partial charge in [-0.25, -0.2) is 0 Å². The van der Waals surface area contributed by atoms with E-state index in [4.69, 9.17) is 5.26 Å². The van der Waals surface area contributed by atoms with Crippen LogP contribution in [0.15, 0.2) is 17.5 Å². The van der Waals surface area contributed by atoms with Crippen LogP contribution >= 0.6 is 11.3 Å². The number of rotatable bonds is 7. The molecule has 1 N–H and O–H groups in total. The van der Waals surface area contributed by atoms with E-state index in [1.807, 2.05) is 13.8 Å². The Balaban J connectivity index is 2.11. The zero-order chi connectivity index (χ0) is 12.7. The second-order valence-corrected chi connectivity index (χ2v) is 6.12. The minimum absolute atomic E-state index is 0.167. The number of nitriles is 1. The molecular formula is C14H22N2S. The minimum atomic E-state index is -0.167. The van der Waals surface area contributed by atoms with E-state index >= 15 is 0 Å². The molecule has 0 bridgehead atoms. The van der Waals surface area contributed by atoms with Gasteiger partial charge in [0.2, 0.25) is 0 Å². The first-order chi connectivity index (χ1) is 8.05. The smallest absolute Gasteiger partial charge is 0.0683 e. The number of hydrogen-bond acceptors (Lipinski definition) is 3. The molecule has 0 aliphatic carbocycles. The van der Waals surface area contributed by atoms with E-state index in [0.29, 0.717) is 6.04 Å². The number of hydrogen-bond donors (Lipinski definition) is 1. The minimum Gasteiger partial charge on any atom is -0.309 e. The molecule has 1 rings (SSSR count). The van der Waals surface area contributed by atoms with Crippen molar-refractivity contribution in [3.05, 3.63) is 22.4 Å². The maximum Gasteiger partial charge on any atom is 0.0683 e. The summed E-state index contributed by atoms with van der Waals surface area (Å²) in [6.45, 7) is 7.25. The quantitative estimate of drug-likeness (QED) is 0.739. The lowest BCUT2D eigenvalue weighted by Gasteiger charge is -2.15. The Hall–Kier alpha value is -0.850. The molecule has 1 heterocycles. The third-order valence-corrected chi connectivity index (χ3v) is 4.01. The molecule has 0 unspecified atom stereocenters. The fourth-order valence-electron chi connectivity index (χ4n) is 1.70.